The number of aromatic nitrogens is 1. The number of nitrogens with zero attached hydrogens (tertiary/aromatic N) is 1. The SMILES string of the molecule is Cc1cccc(Cc2ccnc(Nc3cccc(C(=O)CCCO)c3)c2)c1. The molecule has 0 saturated carbocycles. The van der Waals surface area contributed by atoms with Gasteiger partial charge in [0.25, 0.3) is 0 Å². The highest BCUT2D eigenvalue weighted by atomic mass is 16.3. The largest absolute Gasteiger partial charge is 0.396 e. The number of ketones is 1. The Balaban J connectivity index is 1.72. The first-order valence-corrected chi connectivity index (χ1v) is 9.15. The summed E-state index contributed by atoms with van der Waals surface area (Å²) in [4.78, 5) is 16.5. The first-order chi connectivity index (χ1) is 13.1. The van der Waals surface area contributed by atoms with Crippen LogP contribution in [0.3, 0.4) is 0 Å². The van der Waals surface area contributed by atoms with Crippen LogP contribution in [0.1, 0.15) is 39.9 Å². The molecule has 0 spiro atoms. The van der Waals surface area contributed by atoms with Gasteiger partial charge in [-0.2, -0.15) is 0 Å². The number of carbonyl (C=O) groups excluding carboxylic acids is 1. The van der Waals surface area contributed by atoms with Gasteiger partial charge in [-0.25, -0.2) is 4.98 Å². The normalized spacial score (nSPS) is 10.6. The molecule has 0 atom stereocenters. The third kappa shape index (κ3) is 5.50. The third-order valence-electron chi connectivity index (χ3n) is 4.33. The molecule has 4 nitrogen and oxygen atoms in total. The summed E-state index contributed by atoms with van der Waals surface area (Å²) in [5.41, 5.74) is 5.16. The summed E-state index contributed by atoms with van der Waals surface area (Å²) in [7, 11) is 0. The minimum atomic E-state index is 0.0291. The number of Topliss-reactive ketones (excluding diaryl/α,β-unsaturated/α-hetero) is 1. The molecule has 3 rings (SSSR count). The minimum Gasteiger partial charge on any atom is -0.396 e. The van der Waals surface area contributed by atoms with Gasteiger partial charge in [-0.05, 0) is 55.2 Å². The van der Waals surface area contributed by atoms with Gasteiger partial charge in [0, 0.05) is 30.5 Å². The summed E-state index contributed by atoms with van der Waals surface area (Å²) in [5.74, 6) is 0.786. The van der Waals surface area contributed by atoms with Gasteiger partial charge in [0.05, 0.1) is 0 Å². The number of rotatable bonds is 8. The second-order valence-electron chi connectivity index (χ2n) is 6.67. The molecule has 0 unspecified atom stereocenters. The van der Waals surface area contributed by atoms with E-state index in [9.17, 15) is 4.79 Å². The van der Waals surface area contributed by atoms with Gasteiger partial charge in [-0.15, -0.1) is 0 Å². The van der Waals surface area contributed by atoms with Crippen LogP contribution in [0.5, 0.6) is 0 Å². The molecular weight excluding hydrogens is 336 g/mol. The summed E-state index contributed by atoms with van der Waals surface area (Å²) < 4.78 is 0. The van der Waals surface area contributed by atoms with Crippen molar-refractivity contribution in [1.82, 2.24) is 4.98 Å². The number of anilines is 2. The number of pyridine rings is 1. The molecule has 0 fully saturated rings. The summed E-state index contributed by atoms with van der Waals surface area (Å²) in [6.07, 6.45) is 3.48. The molecule has 0 radical (unpaired) electrons. The predicted octanol–water partition coefficient (Wildman–Crippen LogP) is 4.68. The zero-order valence-electron chi connectivity index (χ0n) is 15.5. The van der Waals surface area contributed by atoms with Crippen molar-refractivity contribution in [3.8, 4) is 0 Å². The topological polar surface area (TPSA) is 62.2 Å². The Morgan fingerprint density at radius 2 is 1.85 bits per heavy atom. The summed E-state index contributed by atoms with van der Waals surface area (Å²) in [5, 5.41) is 12.2. The standard InChI is InChI=1S/C23H24N2O2/c1-17-5-2-6-18(13-17)14-19-10-11-24-23(15-19)25-21-8-3-7-20(16-21)22(27)9-4-12-26/h2-3,5-8,10-11,13,15-16,26H,4,9,12,14H2,1H3,(H,24,25). The lowest BCUT2D eigenvalue weighted by molar-refractivity contribution is 0.0971. The van der Waals surface area contributed by atoms with E-state index >= 15 is 0 Å². The first-order valence-electron chi connectivity index (χ1n) is 9.15. The lowest BCUT2D eigenvalue weighted by Gasteiger charge is -2.09. The molecule has 0 aliphatic rings. The molecule has 0 bridgehead atoms. The molecule has 138 valence electrons. The van der Waals surface area contributed by atoms with E-state index in [0.717, 1.165) is 17.9 Å². The Hall–Kier alpha value is -2.98. The van der Waals surface area contributed by atoms with Crippen molar-refractivity contribution >= 4 is 17.3 Å². The van der Waals surface area contributed by atoms with Crippen LogP contribution < -0.4 is 5.32 Å². The van der Waals surface area contributed by atoms with Crippen LogP contribution in [-0.2, 0) is 6.42 Å². The fraction of sp³-hybridized carbons (Fsp3) is 0.217. The molecule has 27 heavy (non-hydrogen) atoms. The zero-order chi connectivity index (χ0) is 19.1. The van der Waals surface area contributed by atoms with Gasteiger partial charge in [-0.1, -0.05) is 42.0 Å². The van der Waals surface area contributed by atoms with Crippen LogP contribution in [0, 0.1) is 6.92 Å². The van der Waals surface area contributed by atoms with Gasteiger partial charge >= 0.3 is 0 Å². The fourth-order valence-electron chi connectivity index (χ4n) is 3.01. The predicted molar refractivity (Wildman–Crippen MR) is 109 cm³/mol. The second kappa shape index (κ2) is 9.10. The zero-order valence-corrected chi connectivity index (χ0v) is 15.5. The Morgan fingerprint density at radius 3 is 2.67 bits per heavy atom. The number of benzene rings is 2. The monoisotopic (exact) mass is 360 g/mol. The molecule has 2 N–H and O–H groups in total. The van der Waals surface area contributed by atoms with Gasteiger partial charge < -0.3 is 10.4 Å². The molecule has 2 aromatic carbocycles. The Kier molecular flexibility index (Phi) is 6.34. The van der Waals surface area contributed by atoms with Gasteiger partial charge in [0.15, 0.2) is 5.78 Å². The maximum absolute atomic E-state index is 12.1. The van der Waals surface area contributed by atoms with E-state index in [4.69, 9.17) is 5.11 Å². The minimum absolute atomic E-state index is 0.0291. The third-order valence-corrected chi connectivity index (χ3v) is 4.33. The fourth-order valence-corrected chi connectivity index (χ4v) is 3.01. The summed E-state index contributed by atoms with van der Waals surface area (Å²) in [6, 6.07) is 19.9. The van der Waals surface area contributed by atoms with Gasteiger partial charge in [0.1, 0.15) is 5.82 Å². The van der Waals surface area contributed by atoms with E-state index in [-0.39, 0.29) is 12.4 Å². The summed E-state index contributed by atoms with van der Waals surface area (Å²) in [6.45, 7) is 2.12. The van der Waals surface area contributed by atoms with Gasteiger partial charge in [-0.3, -0.25) is 4.79 Å². The smallest absolute Gasteiger partial charge is 0.163 e. The number of carbonyl (C=O) groups is 1. The van der Waals surface area contributed by atoms with Crippen molar-refractivity contribution in [2.24, 2.45) is 0 Å². The average molecular weight is 360 g/mol. The van der Waals surface area contributed by atoms with E-state index in [2.05, 4.69) is 41.5 Å². The Bertz CT molecular complexity index is 922. The van der Waals surface area contributed by atoms with E-state index in [0.29, 0.717) is 18.4 Å². The van der Waals surface area contributed by atoms with E-state index in [1.54, 1.807) is 12.3 Å². The average Bonchev–Trinajstić information content (AvgIpc) is 2.66. The highest BCUT2D eigenvalue weighted by Crippen LogP contribution is 2.19. The van der Waals surface area contributed by atoms with Crippen molar-refractivity contribution in [2.45, 2.75) is 26.2 Å². The molecular formula is C23H24N2O2. The number of aryl methyl sites for hydroxylation is 1. The van der Waals surface area contributed by atoms with Crippen molar-refractivity contribution in [3.63, 3.8) is 0 Å². The van der Waals surface area contributed by atoms with Crippen LogP contribution in [0.2, 0.25) is 0 Å². The van der Waals surface area contributed by atoms with Gasteiger partial charge in [0.2, 0.25) is 0 Å². The molecule has 4 heteroatoms. The molecule has 0 amide bonds. The summed E-state index contributed by atoms with van der Waals surface area (Å²) >= 11 is 0. The highest BCUT2D eigenvalue weighted by Gasteiger charge is 2.07. The molecule has 0 saturated heterocycles. The molecule has 1 aromatic heterocycles. The van der Waals surface area contributed by atoms with Crippen molar-refractivity contribution < 1.29 is 9.90 Å². The van der Waals surface area contributed by atoms with E-state index in [1.165, 1.54) is 16.7 Å². The number of aliphatic hydroxyl groups excluding tert-OH is 1. The van der Waals surface area contributed by atoms with E-state index < -0.39 is 0 Å². The Morgan fingerprint density at radius 1 is 1.04 bits per heavy atom. The number of hydrogen-bond acceptors (Lipinski definition) is 4. The molecule has 1 heterocycles. The van der Waals surface area contributed by atoms with Crippen LogP contribution in [0.15, 0.2) is 66.9 Å². The maximum atomic E-state index is 12.1. The van der Waals surface area contributed by atoms with E-state index in [1.807, 2.05) is 30.3 Å². The van der Waals surface area contributed by atoms with Crippen molar-refractivity contribution in [3.05, 3.63) is 89.1 Å². The van der Waals surface area contributed by atoms with Crippen LogP contribution in [0.4, 0.5) is 11.5 Å². The van der Waals surface area contributed by atoms with Crippen molar-refractivity contribution in [1.29, 1.82) is 0 Å². The van der Waals surface area contributed by atoms with Crippen LogP contribution in [0.25, 0.3) is 0 Å². The quantitative estimate of drug-likeness (QED) is 0.573. The second-order valence-corrected chi connectivity index (χ2v) is 6.67. The van der Waals surface area contributed by atoms with Crippen LogP contribution in [-0.4, -0.2) is 22.5 Å². The Labute approximate surface area is 159 Å². The number of nitrogens with one attached hydrogen (secondary N) is 1. The van der Waals surface area contributed by atoms with Crippen LogP contribution >= 0.6 is 0 Å². The maximum Gasteiger partial charge on any atom is 0.163 e. The molecule has 0 aliphatic heterocycles. The molecule has 0 aliphatic carbocycles. The number of hydrogen-bond donors (Lipinski definition) is 2. The highest BCUT2D eigenvalue weighted by molar-refractivity contribution is 5.97. The molecule has 3 aromatic rings. The number of aliphatic hydroxyl groups is 1. The lowest BCUT2D eigenvalue weighted by Crippen LogP contribution is -2.02. The lowest BCUT2D eigenvalue weighted by atomic mass is 10.0. The van der Waals surface area contributed by atoms with Crippen molar-refractivity contribution in [2.75, 3.05) is 11.9 Å². The first kappa shape index (κ1) is 18.8.